The Hall–Kier alpha value is -1.85. The Morgan fingerprint density at radius 3 is 2.90 bits per heavy atom. The van der Waals surface area contributed by atoms with Crippen molar-refractivity contribution < 1.29 is 4.74 Å². The van der Waals surface area contributed by atoms with Gasteiger partial charge in [0.25, 0.3) is 0 Å². The van der Waals surface area contributed by atoms with Crippen LogP contribution in [0.1, 0.15) is 5.56 Å². The van der Waals surface area contributed by atoms with Crippen molar-refractivity contribution in [3.8, 4) is 6.01 Å². The van der Waals surface area contributed by atoms with E-state index in [-0.39, 0.29) is 0 Å². The summed E-state index contributed by atoms with van der Waals surface area (Å²) in [6.07, 6.45) is 1.73. The second kappa shape index (κ2) is 6.74. The molecule has 0 aliphatic carbocycles. The van der Waals surface area contributed by atoms with Crippen LogP contribution in [0, 0.1) is 0 Å². The second-order valence-electron chi connectivity index (χ2n) is 4.85. The Balaban J connectivity index is 1.65. The van der Waals surface area contributed by atoms with Crippen LogP contribution >= 0.6 is 11.6 Å². The summed E-state index contributed by atoms with van der Waals surface area (Å²) in [5.41, 5.74) is 0.999. The molecule has 0 radical (unpaired) electrons. The van der Waals surface area contributed by atoms with Gasteiger partial charge in [-0.15, -0.1) is 0 Å². The number of anilines is 1. The molecule has 2 heterocycles. The molecule has 0 saturated carbocycles. The number of hydrogen-bond acceptors (Lipinski definition) is 5. The highest BCUT2D eigenvalue weighted by Crippen LogP contribution is 2.16. The maximum absolute atomic E-state index is 5.95. The maximum Gasteiger partial charge on any atom is 0.318 e. The zero-order chi connectivity index (χ0) is 14.5. The van der Waals surface area contributed by atoms with Crippen molar-refractivity contribution in [2.75, 3.05) is 31.1 Å². The smallest absolute Gasteiger partial charge is 0.318 e. The molecule has 0 unspecified atom stereocenters. The number of nitrogens with zero attached hydrogens (tertiary/aromatic N) is 3. The quantitative estimate of drug-likeness (QED) is 0.937. The third-order valence-electron chi connectivity index (χ3n) is 3.32. The summed E-state index contributed by atoms with van der Waals surface area (Å²) in [6.45, 7) is 4.26. The number of halogens is 1. The van der Waals surface area contributed by atoms with E-state index in [1.807, 2.05) is 30.3 Å². The second-order valence-corrected chi connectivity index (χ2v) is 5.29. The van der Waals surface area contributed by atoms with Gasteiger partial charge in [0.15, 0.2) is 0 Å². The molecule has 0 spiro atoms. The van der Waals surface area contributed by atoms with E-state index >= 15 is 0 Å². The molecule has 1 aromatic carbocycles. The summed E-state index contributed by atoms with van der Waals surface area (Å²) in [6, 6.07) is 9.89. The summed E-state index contributed by atoms with van der Waals surface area (Å²) in [4.78, 5) is 10.9. The first-order chi connectivity index (χ1) is 10.3. The van der Waals surface area contributed by atoms with Gasteiger partial charge in [0.1, 0.15) is 12.4 Å². The molecule has 5 nitrogen and oxygen atoms in total. The van der Waals surface area contributed by atoms with E-state index in [0.717, 1.165) is 37.6 Å². The lowest BCUT2D eigenvalue weighted by atomic mass is 10.2. The third kappa shape index (κ3) is 3.83. The van der Waals surface area contributed by atoms with Crippen molar-refractivity contribution in [3.05, 3.63) is 47.1 Å². The SMILES string of the molecule is Clc1cccc(COc2nccc(N3CCNCC3)n2)c1. The number of aromatic nitrogens is 2. The summed E-state index contributed by atoms with van der Waals surface area (Å²) in [5.74, 6) is 0.910. The van der Waals surface area contributed by atoms with Crippen LogP contribution in [0.25, 0.3) is 0 Å². The summed E-state index contributed by atoms with van der Waals surface area (Å²) in [5, 5.41) is 4.02. The Morgan fingerprint density at radius 2 is 2.10 bits per heavy atom. The first kappa shape index (κ1) is 14.1. The predicted octanol–water partition coefficient (Wildman–Crippen LogP) is 2.12. The van der Waals surface area contributed by atoms with Crippen LogP contribution in [0.5, 0.6) is 6.01 Å². The highest BCUT2D eigenvalue weighted by Gasteiger charge is 2.12. The Kier molecular flexibility index (Phi) is 4.52. The van der Waals surface area contributed by atoms with Gasteiger partial charge in [-0.1, -0.05) is 23.7 Å². The largest absolute Gasteiger partial charge is 0.459 e. The van der Waals surface area contributed by atoms with E-state index in [1.165, 1.54) is 0 Å². The van der Waals surface area contributed by atoms with E-state index in [1.54, 1.807) is 6.20 Å². The molecular formula is C15H17ClN4O. The number of benzene rings is 1. The van der Waals surface area contributed by atoms with E-state index in [0.29, 0.717) is 17.6 Å². The number of nitrogens with one attached hydrogen (secondary N) is 1. The normalized spacial score (nSPS) is 15.0. The molecule has 1 aliphatic heterocycles. The molecule has 110 valence electrons. The fourth-order valence-corrected chi connectivity index (χ4v) is 2.46. The van der Waals surface area contributed by atoms with Gasteiger partial charge >= 0.3 is 6.01 Å². The number of piperazine rings is 1. The molecule has 1 fully saturated rings. The van der Waals surface area contributed by atoms with Crippen LogP contribution in [-0.4, -0.2) is 36.1 Å². The molecule has 0 bridgehead atoms. The molecule has 0 atom stereocenters. The first-order valence-electron chi connectivity index (χ1n) is 6.97. The molecule has 1 saturated heterocycles. The monoisotopic (exact) mass is 304 g/mol. The van der Waals surface area contributed by atoms with Gasteiger partial charge in [0, 0.05) is 37.4 Å². The lowest BCUT2D eigenvalue weighted by molar-refractivity contribution is 0.280. The molecule has 2 aromatic rings. The fourth-order valence-electron chi connectivity index (χ4n) is 2.25. The molecule has 0 amide bonds. The molecule has 3 rings (SSSR count). The summed E-state index contributed by atoms with van der Waals surface area (Å²) < 4.78 is 5.66. The van der Waals surface area contributed by atoms with Crippen LogP contribution in [0.2, 0.25) is 5.02 Å². The van der Waals surface area contributed by atoms with Crippen molar-refractivity contribution in [2.24, 2.45) is 0 Å². The zero-order valence-electron chi connectivity index (χ0n) is 11.6. The van der Waals surface area contributed by atoms with Gasteiger partial charge in [-0.05, 0) is 23.8 Å². The fraction of sp³-hybridized carbons (Fsp3) is 0.333. The Bertz CT molecular complexity index is 602. The topological polar surface area (TPSA) is 50.3 Å². The zero-order valence-corrected chi connectivity index (χ0v) is 12.4. The summed E-state index contributed by atoms with van der Waals surface area (Å²) in [7, 11) is 0. The van der Waals surface area contributed by atoms with Crippen molar-refractivity contribution >= 4 is 17.4 Å². The van der Waals surface area contributed by atoms with Crippen molar-refractivity contribution in [3.63, 3.8) is 0 Å². The van der Waals surface area contributed by atoms with Gasteiger partial charge in [0.2, 0.25) is 0 Å². The van der Waals surface area contributed by atoms with Gasteiger partial charge in [0.05, 0.1) is 0 Å². The van der Waals surface area contributed by atoms with E-state index in [2.05, 4.69) is 20.2 Å². The van der Waals surface area contributed by atoms with Crippen LogP contribution < -0.4 is 15.0 Å². The summed E-state index contributed by atoms with van der Waals surface area (Å²) >= 11 is 5.95. The molecular weight excluding hydrogens is 288 g/mol. The van der Waals surface area contributed by atoms with Gasteiger partial charge < -0.3 is 15.0 Å². The van der Waals surface area contributed by atoms with Crippen LogP contribution in [0.3, 0.4) is 0 Å². The van der Waals surface area contributed by atoms with E-state index < -0.39 is 0 Å². The molecule has 21 heavy (non-hydrogen) atoms. The van der Waals surface area contributed by atoms with Gasteiger partial charge in [-0.3, -0.25) is 0 Å². The van der Waals surface area contributed by atoms with Crippen molar-refractivity contribution in [1.82, 2.24) is 15.3 Å². The minimum absolute atomic E-state index is 0.394. The maximum atomic E-state index is 5.95. The van der Waals surface area contributed by atoms with Crippen LogP contribution in [-0.2, 0) is 6.61 Å². The lowest BCUT2D eigenvalue weighted by Crippen LogP contribution is -2.43. The van der Waals surface area contributed by atoms with Gasteiger partial charge in [-0.25, -0.2) is 4.98 Å². The Labute approximate surface area is 128 Å². The van der Waals surface area contributed by atoms with Crippen LogP contribution in [0.4, 0.5) is 5.82 Å². The van der Waals surface area contributed by atoms with Crippen LogP contribution in [0.15, 0.2) is 36.5 Å². The molecule has 1 N–H and O–H groups in total. The lowest BCUT2D eigenvalue weighted by Gasteiger charge is -2.28. The van der Waals surface area contributed by atoms with Crippen molar-refractivity contribution in [1.29, 1.82) is 0 Å². The molecule has 1 aliphatic rings. The number of hydrogen-bond donors (Lipinski definition) is 1. The number of rotatable bonds is 4. The van der Waals surface area contributed by atoms with E-state index in [9.17, 15) is 0 Å². The molecule has 1 aromatic heterocycles. The minimum atomic E-state index is 0.394. The Morgan fingerprint density at radius 1 is 1.24 bits per heavy atom. The average molecular weight is 305 g/mol. The predicted molar refractivity (Wildman–Crippen MR) is 82.9 cm³/mol. The van der Waals surface area contributed by atoms with E-state index in [4.69, 9.17) is 16.3 Å². The minimum Gasteiger partial charge on any atom is -0.459 e. The third-order valence-corrected chi connectivity index (χ3v) is 3.55. The van der Waals surface area contributed by atoms with Gasteiger partial charge in [-0.2, -0.15) is 4.98 Å². The highest BCUT2D eigenvalue weighted by molar-refractivity contribution is 6.30. The van der Waals surface area contributed by atoms with Crippen molar-refractivity contribution in [2.45, 2.75) is 6.61 Å². The first-order valence-corrected chi connectivity index (χ1v) is 7.35. The standard InChI is InChI=1S/C15H17ClN4O/c16-13-3-1-2-12(10-13)11-21-15-18-5-4-14(19-15)20-8-6-17-7-9-20/h1-5,10,17H,6-9,11H2. The highest BCUT2D eigenvalue weighted by atomic mass is 35.5. The molecule has 6 heteroatoms. The average Bonchev–Trinajstić information content (AvgIpc) is 2.54. The number of ether oxygens (including phenoxy) is 1.